The van der Waals surface area contributed by atoms with Crippen molar-refractivity contribution in [1.29, 1.82) is 0 Å². The lowest BCUT2D eigenvalue weighted by Crippen LogP contribution is -2.24. The molecule has 1 heterocycles. The highest BCUT2D eigenvalue weighted by atomic mass is 16.5. The maximum atomic E-state index is 9.28. The summed E-state index contributed by atoms with van der Waals surface area (Å²) in [6.07, 6.45) is 4.88. The molecule has 78 valence electrons. The van der Waals surface area contributed by atoms with Crippen LogP contribution in [-0.4, -0.2) is 27.5 Å². The minimum atomic E-state index is -0.139. The Bertz CT molecular complexity index is 255. The van der Waals surface area contributed by atoms with Crippen molar-refractivity contribution in [2.24, 2.45) is 0 Å². The quantitative estimate of drug-likeness (QED) is 0.781. The van der Waals surface area contributed by atoms with Crippen LogP contribution < -0.4 is 0 Å². The van der Waals surface area contributed by atoms with E-state index in [9.17, 15) is 5.11 Å². The summed E-state index contributed by atoms with van der Waals surface area (Å²) in [5.41, 5.74) is 0. The van der Waals surface area contributed by atoms with E-state index < -0.39 is 0 Å². The number of aliphatic hydroxyl groups is 1. The van der Waals surface area contributed by atoms with Crippen LogP contribution in [0.4, 0.5) is 0 Å². The first kappa shape index (κ1) is 9.61. The Morgan fingerprint density at radius 3 is 2.86 bits per heavy atom. The zero-order chi connectivity index (χ0) is 9.80. The molecule has 0 aliphatic heterocycles. The van der Waals surface area contributed by atoms with Gasteiger partial charge >= 0.3 is 0 Å². The van der Waals surface area contributed by atoms with Gasteiger partial charge in [-0.3, -0.25) is 0 Å². The van der Waals surface area contributed by atoms with Crippen molar-refractivity contribution in [3.8, 4) is 0 Å². The molecular formula is C9H14N2O3. The summed E-state index contributed by atoms with van der Waals surface area (Å²) in [6.45, 7) is 0.400. The zero-order valence-electron chi connectivity index (χ0n) is 7.93. The van der Waals surface area contributed by atoms with Crippen LogP contribution in [-0.2, 0) is 11.3 Å². The molecule has 0 atom stereocenters. The molecule has 0 bridgehead atoms. The summed E-state index contributed by atoms with van der Waals surface area (Å²) in [5, 5.41) is 12.9. The second-order valence-electron chi connectivity index (χ2n) is 3.59. The molecule has 5 heteroatoms. The van der Waals surface area contributed by atoms with E-state index in [1.807, 2.05) is 0 Å². The van der Waals surface area contributed by atoms with E-state index in [1.54, 1.807) is 0 Å². The van der Waals surface area contributed by atoms with Gasteiger partial charge in [0.15, 0.2) is 5.82 Å². The molecule has 14 heavy (non-hydrogen) atoms. The average molecular weight is 198 g/mol. The van der Waals surface area contributed by atoms with Crippen molar-refractivity contribution >= 4 is 0 Å². The van der Waals surface area contributed by atoms with Crippen LogP contribution in [0.1, 0.15) is 31.5 Å². The lowest BCUT2D eigenvalue weighted by atomic mass is 9.95. The molecule has 0 amide bonds. The highest BCUT2D eigenvalue weighted by molar-refractivity contribution is 4.76. The molecular weight excluding hydrogens is 184 g/mol. The molecule has 0 unspecified atom stereocenters. The highest BCUT2D eigenvalue weighted by Gasteiger charge is 2.20. The summed E-state index contributed by atoms with van der Waals surface area (Å²) in [4.78, 5) is 3.86. The molecule has 1 saturated carbocycles. The molecule has 0 aromatic carbocycles. The zero-order valence-corrected chi connectivity index (χ0v) is 7.93. The fourth-order valence-electron chi connectivity index (χ4n) is 1.66. The van der Waals surface area contributed by atoms with Crippen LogP contribution in [0.25, 0.3) is 0 Å². The number of nitrogens with zero attached hydrogens (tertiary/aromatic N) is 2. The van der Waals surface area contributed by atoms with Gasteiger partial charge < -0.3 is 14.4 Å². The highest BCUT2D eigenvalue weighted by Crippen LogP contribution is 2.21. The van der Waals surface area contributed by atoms with E-state index in [-0.39, 0.29) is 12.2 Å². The number of aliphatic hydroxyl groups excluding tert-OH is 1. The lowest BCUT2D eigenvalue weighted by molar-refractivity contribution is -0.0147. The Kier molecular flexibility index (Phi) is 3.10. The van der Waals surface area contributed by atoms with Gasteiger partial charge in [0, 0.05) is 0 Å². The number of aromatic nitrogens is 2. The van der Waals surface area contributed by atoms with Gasteiger partial charge in [-0.15, -0.1) is 0 Å². The Morgan fingerprint density at radius 2 is 2.21 bits per heavy atom. The fraction of sp³-hybridized carbons (Fsp3) is 0.778. The van der Waals surface area contributed by atoms with E-state index in [0.717, 1.165) is 25.7 Å². The second kappa shape index (κ2) is 4.52. The molecule has 0 spiro atoms. The van der Waals surface area contributed by atoms with Gasteiger partial charge in [-0.2, -0.15) is 4.98 Å². The first-order valence-electron chi connectivity index (χ1n) is 4.89. The smallest absolute Gasteiger partial charge is 0.213 e. The largest absolute Gasteiger partial charge is 0.393 e. The lowest BCUT2D eigenvalue weighted by Gasteiger charge is -2.24. The van der Waals surface area contributed by atoms with Crippen LogP contribution in [0.5, 0.6) is 0 Å². The van der Waals surface area contributed by atoms with Crippen molar-refractivity contribution < 1.29 is 14.4 Å². The van der Waals surface area contributed by atoms with Gasteiger partial charge in [0.2, 0.25) is 6.39 Å². The molecule has 0 saturated heterocycles. The summed E-state index contributed by atoms with van der Waals surface area (Å²) >= 11 is 0. The monoisotopic (exact) mass is 198 g/mol. The molecule has 2 rings (SSSR count). The minimum Gasteiger partial charge on any atom is -0.393 e. The Morgan fingerprint density at radius 1 is 1.43 bits per heavy atom. The summed E-state index contributed by atoms with van der Waals surface area (Å²) in [7, 11) is 0. The molecule has 1 aromatic rings. The van der Waals surface area contributed by atoms with E-state index >= 15 is 0 Å². The van der Waals surface area contributed by atoms with Gasteiger partial charge in [-0.05, 0) is 25.7 Å². The SMILES string of the molecule is OC1CCC(OCc2ncon2)CC1. The summed E-state index contributed by atoms with van der Waals surface area (Å²) in [6, 6.07) is 0. The number of hydrogen-bond acceptors (Lipinski definition) is 5. The fourth-order valence-corrected chi connectivity index (χ4v) is 1.66. The minimum absolute atomic E-state index is 0.139. The van der Waals surface area contributed by atoms with E-state index in [2.05, 4.69) is 14.7 Å². The Hall–Kier alpha value is -0.940. The van der Waals surface area contributed by atoms with E-state index in [0.29, 0.717) is 12.4 Å². The third-order valence-electron chi connectivity index (χ3n) is 2.50. The maximum Gasteiger partial charge on any atom is 0.213 e. The molecule has 5 nitrogen and oxygen atoms in total. The number of ether oxygens (including phenoxy) is 1. The third kappa shape index (κ3) is 2.52. The van der Waals surface area contributed by atoms with Crippen LogP contribution in [0, 0.1) is 0 Å². The Balaban J connectivity index is 1.71. The van der Waals surface area contributed by atoms with Gasteiger partial charge in [-0.1, -0.05) is 5.16 Å². The van der Waals surface area contributed by atoms with Gasteiger partial charge in [0.05, 0.1) is 12.2 Å². The molecule has 0 radical (unpaired) electrons. The molecule has 1 fully saturated rings. The standard InChI is InChI=1S/C9H14N2O3/c12-7-1-3-8(4-2-7)13-5-9-10-6-14-11-9/h6-8,12H,1-5H2. The topological polar surface area (TPSA) is 68.4 Å². The number of rotatable bonds is 3. The average Bonchev–Trinajstić information content (AvgIpc) is 2.70. The normalized spacial score (nSPS) is 27.8. The summed E-state index contributed by atoms with van der Waals surface area (Å²) < 4.78 is 10.2. The van der Waals surface area contributed by atoms with Crippen LogP contribution in [0.15, 0.2) is 10.9 Å². The van der Waals surface area contributed by atoms with Crippen molar-refractivity contribution in [3.63, 3.8) is 0 Å². The Labute approximate surface area is 82.1 Å². The molecule has 1 aliphatic carbocycles. The van der Waals surface area contributed by atoms with Gasteiger partial charge in [-0.25, -0.2) is 0 Å². The van der Waals surface area contributed by atoms with E-state index in [1.165, 1.54) is 6.39 Å². The van der Waals surface area contributed by atoms with Gasteiger partial charge in [0.1, 0.15) is 6.61 Å². The van der Waals surface area contributed by atoms with Gasteiger partial charge in [0.25, 0.3) is 0 Å². The van der Waals surface area contributed by atoms with Crippen molar-refractivity contribution in [2.75, 3.05) is 0 Å². The van der Waals surface area contributed by atoms with Crippen LogP contribution >= 0.6 is 0 Å². The summed E-state index contributed by atoms with van der Waals surface area (Å²) in [5.74, 6) is 0.580. The van der Waals surface area contributed by atoms with E-state index in [4.69, 9.17) is 4.74 Å². The van der Waals surface area contributed by atoms with Crippen LogP contribution in [0.3, 0.4) is 0 Å². The van der Waals surface area contributed by atoms with Crippen molar-refractivity contribution in [2.45, 2.75) is 44.5 Å². The van der Waals surface area contributed by atoms with Crippen molar-refractivity contribution in [1.82, 2.24) is 10.1 Å². The molecule has 1 N–H and O–H groups in total. The van der Waals surface area contributed by atoms with Crippen molar-refractivity contribution in [3.05, 3.63) is 12.2 Å². The maximum absolute atomic E-state index is 9.28. The molecule has 1 aromatic heterocycles. The second-order valence-corrected chi connectivity index (χ2v) is 3.59. The molecule has 1 aliphatic rings. The van der Waals surface area contributed by atoms with Crippen LogP contribution in [0.2, 0.25) is 0 Å². The predicted octanol–water partition coefficient (Wildman–Crippen LogP) is 0.890. The first-order valence-corrected chi connectivity index (χ1v) is 4.89. The first-order chi connectivity index (χ1) is 6.84. The number of hydrogen-bond donors (Lipinski definition) is 1. The predicted molar refractivity (Wildman–Crippen MR) is 47.3 cm³/mol. The third-order valence-corrected chi connectivity index (χ3v) is 2.50.